The molecule has 160 valence electrons. The number of benzene rings is 2. The molecule has 2 amide bonds. The van der Waals surface area contributed by atoms with Gasteiger partial charge in [0, 0.05) is 6.54 Å². The van der Waals surface area contributed by atoms with Gasteiger partial charge in [0.15, 0.2) is 0 Å². The number of hydrogen-bond acceptors (Lipinski definition) is 4. The van der Waals surface area contributed by atoms with Crippen molar-refractivity contribution < 1.29 is 27.5 Å². The number of ether oxygens (including phenoxy) is 1. The van der Waals surface area contributed by atoms with Crippen molar-refractivity contribution in [3.8, 4) is 5.75 Å². The van der Waals surface area contributed by atoms with Crippen LogP contribution in [0.3, 0.4) is 0 Å². The maximum absolute atomic E-state index is 13.8. The molecular weight excluding hydrogens is 399 g/mol. The van der Waals surface area contributed by atoms with E-state index in [4.69, 9.17) is 4.74 Å². The number of fused-ring (bicyclic) bond motifs is 1. The lowest BCUT2D eigenvalue weighted by Crippen LogP contribution is -2.52. The van der Waals surface area contributed by atoms with Gasteiger partial charge in [0.05, 0.1) is 31.5 Å². The maximum Gasteiger partial charge on any atom is 0.409 e. The quantitative estimate of drug-likeness (QED) is 0.804. The smallest absolute Gasteiger partial charge is 0.409 e. The zero-order valence-electron chi connectivity index (χ0n) is 16.6. The van der Waals surface area contributed by atoms with Crippen LogP contribution in [0.15, 0.2) is 48.5 Å². The third-order valence-corrected chi connectivity index (χ3v) is 4.77. The lowest BCUT2D eigenvalue weighted by Gasteiger charge is -2.33. The summed E-state index contributed by atoms with van der Waals surface area (Å²) in [5, 5.41) is 2.45. The Hall–Kier alpha value is -3.07. The molecule has 1 aliphatic heterocycles. The number of likely N-dealkylation sites (N-methyl/N-ethyl adjacent to an activating group) is 1. The number of methoxy groups -OCH3 is 1. The number of nitrogens with one attached hydrogen (secondary N) is 1. The third kappa shape index (κ3) is 4.91. The SMILES string of the molecule is COc1cccc(CN(C)CC(=O)N2c3ccccc3NC(=O)C[C@H]2C(F)(F)F)c1. The molecule has 0 spiro atoms. The summed E-state index contributed by atoms with van der Waals surface area (Å²) in [6.07, 6.45) is -5.61. The number of alkyl halides is 3. The van der Waals surface area contributed by atoms with E-state index >= 15 is 0 Å². The first-order chi connectivity index (χ1) is 14.2. The van der Waals surface area contributed by atoms with E-state index in [2.05, 4.69) is 5.32 Å². The summed E-state index contributed by atoms with van der Waals surface area (Å²) >= 11 is 0. The largest absolute Gasteiger partial charge is 0.497 e. The number of para-hydroxylation sites is 2. The van der Waals surface area contributed by atoms with Crippen LogP contribution in [0.4, 0.5) is 24.5 Å². The first-order valence-corrected chi connectivity index (χ1v) is 9.28. The standard InChI is InChI=1S/C21H22F3N3O3/c1-26(12-14-6-5-7-15(10-14)30-2)13-20(29)27-17-9-4-3-8-16(17)25-19(28)11-18(27)21(22,23)24/h3-10,18H,11-13H2,1-2H3,(H,25,28)/t18-/m0/s1. The summed E-state index contributed by atoms with van der Waals surface area (Å²) in [5.41, 5.74) is 1.06. The molecule has 1 heterocycles. The second kappa shape index (κ2) is 8.74. The summed E-state index contributed by atoms with van der Waals surface area (Å²) in [6.45, 7) is 0.0820. The highest BCUT2D eigenvalue weighted by atomic mass is 19.4. The molecule has 0 aromatic heterocycles. The molecule has 0 saturated carbocycles. The monoisotopic (exact) mass is 421 g/mol. The molecular formula is C21H22F3N3O3. The molecule has 0 saturated heterocycles. The summed E-state index contributed by atoms with van der Waals surface area (Å²) in [5.74, 6) is -0.883. The molecule has 0 unspecified atom stereocenters. The number of carbonyl (C=O) groups excluding carboxylic acids is 2. The highest BCUT2D eigenvalue weighted by Crippen LogP contribution is 2.37. The van der Waals surface area contributed by atoms with E-state index in [1.54, 1.807) is 36.2 Å². The van der Waals surface area contributed by atoms with Crippen LogP contribution >= 0.6 is 0 Å². The van der Waals surface area contributed by atoms with Gasteiger partial charge in [-0.3, -0.25) is 19.4 Å². The first-order valence-electron chi connectivity index (χ1n) is 9.28. The van der Waals surface area contributed by atoms with E-state index in [1.807, 2.05) is 6.07 Å². The molecule has 0 fully saturated rings. The van der Waals surface area contributed by atoms with Crippen molar-refractivity contribution in [3.63, 3.8) is 0 Å². The number of anilines is 2. The van der Waals surface area contributed by atoms with Gasteiger partial charge >= 0.3 is 6.18 Å². The van der Waals surface area contributed by atoms with E-state index in [9.17, 15) is 22.8 Å². The van der Waals surface area contributed by atoms with Gasteiger partial charge in [0.25, 0.3) is 0 Å². The Bertz CT molecular complexity index is 933. The van der Waals surface area contributed by atoms with Crippen LogP contribution in [0, 0.1) is 0 Å². The predicted octanol–water partition coefficient (Wildman–Crippen LogP) is 3.43. The highest BCUT2D eigenvalue weighted by molar-refractivity contribution is 6.05. The fourth-order valence-corrected chi connectivity index (χ4v) is 3.44. The molecule has 6 nitrogen and oxygen atoms in total. The van der Waals surface area contributed by atoms with Crippen LogP contribution in [0.25, 0.3) is 0 Å². The van der Waals surface area contributed by atoms with Gasteiger partial charge in [-0.05, 0) is 36.9 Å². The van der Waals surface area contributed by atoms with E-state index < -0.39 is 30.5 Å². The normalized spacial score (nSPS) is 16.7. The van der Waals surface area contributed by atoms with Crippen LogP contribution in [0.2, 0.25) is 0 Å². The Kier molecular flexibility index (Phi) is 6.31. The minimum atomic E-state index is -4.75. The van der Waals surface area contributed by atoms with Crippen molar-refractivity contribution >= 4 is 23.2 Å². The second-order valence-corrected chi connectivity index (χ2v) is 7.11. The average molecular weight is 421 g/mol. The number of amides is 2. The summed E-state index contributed by atoms with van der Waals surface area (Å²) in [7, 11) is 3.18. The minimum absolute atomic E-state index is 0.0328. The fraction of sp³-hybridized carbons (Fsp3) is 0.333. The van der Waals surface area contributed by atoms with Gasteiger partial charge < -0.3 is 10.1 Å². The van der Waals surface area contributed by atoms with Gasteiger partial charge in [-0.25, -0.2) is 0 Å². The van der Waals surface area contributed by atoms with Crippen LogP contribution < -0.4 is 15.0 Å². The molecule has 0 radical (unpaired) electrons. The summed E-state index contributed by atoms with van der Waals surface area (Å²) < 4.78 is 46.5. The Morgan fingerprint density at radius 1 is 1.23 bits per heavy atom. The Labute approximate surface area is 172 Å². The van der Waals surface area contributed by atoms with Crippen molar-refractivity contribution in [2.45, 2.75) is 25.2 Å². The van der Waals surface area contributed by atoms with E-state index in [0.717, 1.165) is 5.56 Å². The van der Waals surface area contributed by atoms with Crippen LogP contribution in [-0.2, 0) is 16.1 Å². The zero-order valence-corrected chi connectivity index (χ0v) is 16.6. The molecule has 3 rings (SSSR count). The number of carbonyl (C=O) groups is 2. The average Bonchev–Trinajstić information content (AvgIpc) is 2.83. The molecule has 30 heavy (non-hydrogen) atoms. The van der Waals surface area contributed by atoms with Gasteiger partial charge in [-0.1, -0.05) is 24.3 Å². The summed E-state index contributed by atoms with van der Waals surface area (Å²) in [4.78, 5) is 27.4. The molecule has 1 N–H and O–H groups in total. The number of rotatable bonds is 5. The first kappa shape index (κ1) is 21.6. The van der Waals surface area contributed by atoms with Gasteiger partial charge in [-0.2, -0.15) is 13.2 Å². The van der Waals surface area contributed by atoms with E-state index in [0.29, 0.717) is 17.2 Å². The molecule has 1 aliphatic rings. The number of nitrogens with zero attached hydrogens (tertiary/aromatic N) is 2. The highest BCUT2D eigenvalue weighted by Gasteiger charge is 2.49. The number of halogens is 3. The lowest BCUT2D eigenvalue weighted by atomic mass is 10.1. The van der Waals surface area contributed by atoms with Gasteiger partial charge in [0.2, 0.25) is 11.8 Å². The van der Waals surface area contributed by atoms with Gasteiger partial charge in [0.1, 0.15) is 11.8 Å². The molecule has 0 bridgehead atoms. The van der Waals surface area contributed by atoms with Crippen molar-refractivity contribution in [3.05, 3.63) is 54.1 Å². The fourth-order valence-electron chi connectivity index (χ4n) is 3.44. The van der Waals surface area contributed by atoms with Crippen molar-refractivity contribution in [2.75, 3.05) is 30.9 Å². The lowest BCUT2D eigenvalue weighted by molar-refractivity contribution is -0.158. The predicted molar refractivity (Wildman–Crippen MR) is 106 cm³/mol. The van der Waals surface area contributed by atoms with E-state index in [-0.39, 0.29) is 17.9 Å². The third-order valence-electron chi connectivity index (χ3n) is 4.77. The molecule has 2 aromatic rings. The maximum atomic E-state index is 13.8. The summed E-state index contributed by atoms with van der Waals surface area (Å²) in [6, 6.07) is 11.0. The van der Waals surface area contributed by atoms with Crippen molar-refractivity contribution in [2.24, 2.45) is 0 Å². The van der Waals surface area contributed by atoms with Crippen LogP contribution in [-0.4, -0.2) is 49.6 Å². The Morgan fingerprint density at radius 3 is 2.67 bits per heavy atom. The van der Waals surface area contributed by atoms with Crippen molar-refractivity contribution in [1.82, 2.24) is 4.90 Å². The van der Waals surface area contributed by atoms with Crippen LogP contribution in [0.5, 0.6) is 5.75 Å². The van der Waals surface area contributed by atoms with Gasteiger partial charge in [-0.15, -0.1) is 0 Å². The second-order valence-electron chi connectivity index (χ2n) is 7.11. The molecule has 1 atom stereocenters. The topological polar surface area (TPSA) is 61.9 Å². The molecule has 2 aromatic carbocycles. The van der Waals surface area contributed by atoms with Crippen LogP contribution in [0.1, 0.15) is 12.0 Å². The molecule has 9 heteroatoms. The Balaban J connectivity index is 1.86. The Morgan fingerprint density at radius 2 is 1.97 bits per heavy atom. The molecule has 0 aliphatic carbocycles. The zero-order chi connectivity index (χ0) is 21.9. The minimum Gasteiger partial charge on any atom is -0.497 e. The van der Waals surface area contributed by atoms with Crippen molar-refractivity contribution in [1.29, 1.82) is 0 Å². The van der Waals surface area contributed by atoms with E-state index in [1.165, 1.54) is 25.3 Å². The number of hydrogen-bond donors (Lipinski definition) is 1.